The lowest BCUT2D eigenvalue weighted by Gasteiger charge is -2.33. The Morgan fingerprint density at radius 2 is 2.29 bits per heavy atom. The predicted octanol–water partition coefficient (Wildman–Crippen LogP) is 1.40. The van der Waals surface area contributed by atoms with Gasteiger partial charge in [0.15, 0.2) is 0 Å². The van der Waals surface area contributed by atoms with Gasteiger partial charge in [-0.05, 0) is 36.6 Å². The van der Waals surface area contributed by atoms with E-state index in [0.717, 1.165) is 29.8 Å². The Kier molecular flexibility index (Phi) is 6.44. The van der Waals surface area contributed by atoms with E-state index >= 15 is 0 Å². The molecule has 3 rings (SSSR count). The zero-order valence-corrected chi connectivity index (χ0v) is 15.9. The molecule has 148 valence electrons. The van der Waals surface area contributed by atoms with Crippen molar-refractivity contribution >= 4 is 17.4 Å². The Labute approximate surface area is 163 Å². The van der Waals surface area contributed by atoms with Crippen molar-refractivity contribution in [3.63, 3.8) is 0 Å². The van der Waals surface area contributed by atoms with Crippen molar-refractivity contribution in [3.05, 3.63) is 53.1 Å². The number of carbonyl (C=O) groups is 1. The number of likely N-dealkylation sites (tertiary alicyclic amines) is 1. The molecule has 0 bridgehead atoms. The first kappa shape index (κ1) is 19.6. The van der Waals surface area contributed by atoms with Gasteiger partial charge in [-0.1, -0.05) is 6.08 Å². The van der Waals surface area contributed by atoms with Crippen LogP contribution in [-0.2, 0) is 4.79 Å². The molecule has 0 unspecified atom stereocenters. The Morgan fingerprint density at radius 3 is 3.07 bits per heavy atom. The van der Waals surface area contributed by atoms with Crippen molar-refractivity contribution in [2.75, 3.05) is 37.3 Å². The lowest BCUT2D eigenvalue weighted by molar-refractivity contribution is -0.127. The number of H-pyrrole nitrogens is 1. The van der Waals surface area contributed by atoms with Crippen molar-refractivity contribution in [1.82, 2.24) is 14.9 Å². The van der Waals surface area contributed by atoms with E-state index in [-0.39, 0.29) is 17.5 Å². The zero-order chi connectivity index (χ0) is 19.9. The normalized spacial score (nSPS) is 16.9. The number of pyridine rings is 2. The number of piperidine rings is 1. The first-order chi connectivity index (χ1) is 13.6. The standard InChI is InChI=1S/C20H26N6O2/c1-22-18-11-14(6-8-23-18)15-10-17(20(28)24-12-15)25-16-4-3-9-26(13-16)19(27)5-2-7-21/h2,5-6,8,10-12,16,25H,3-4,7,9,13,21H2,1H3,(H,22,23)(H,24,28)/b5-2+/t16-/m1/s1. The van der Waals surface area contributed by atoms with Crippen LogP contribution in [0.2, 0.25) is 0 Å². The zero-order valence-electron chi connectivity index (χ0n) is 15.9. The summed E-state index contributed by atoms with van der Waals surface area (Å²) in [7, 11) is 1.81. The van der Waals surface area contributed by atoms with Crippen LogP contribution in [0.15, 0.2) is 47.5 Å². The number of nitrogens with zero attached hydrogens (tertiary/aromatic N) is 2. The lowest BCUT2D eigenvalue weighted by Crippen LogP contribution is -2.45. The molecule has 0 aromatic carbocycles. The second kappa shape index (κ2) is 9.18. The van der Waals surface area contributed by atoms with E-state index in [2.05, 4.69) is 20.6 Å². The molecule has 2 aromatic heterocycles. The summed E-state index contributed by atoms with van der Waals surface area (Å²) in [6, 6.07) is 5.67. The average molecular weight is 382 g/mol. The molecule has 0 spiro atoms. The van der Waals surface area contributed by atoms with E-state index in [1.54, 1.807) is 23.4 Å². The number of anilines is 2. The third-order valence-corrected chi connectivity index (χ3v) is 4.74. The van der Waals surface area contributed by atoms with Crippen LogP contribution in [0.3, 0.4) is 0 Å². The fraction of sp³-hybridized carbons (Fsp3) is 0.350. The highest BCUT2D eigenvalue weighted by Gasteiger charge is 2.23. The monoisotopic (exact) mass is 382 g/mol. The molecule has 2 aromatic rings. The number of carbonyl (C=O) groups excluding carboxylic acids is 1. The van der Waals surface area contributed by atoms with Crippen molar-refractivity contribution in [2.45, 2.75) is 18.9 Å². The third kappa shape index (κ3) is 4.77. The number of rotatable bonds is 6. The van der Waals surface area contributed by atoms with Gasteiger partial charge < -0.3 is 26.3 Å². The maximum atomic E-state index is 12.3. The summed E-state index contributed by atoms with van der Waals surface area (Å²) in [5.74, 6) is 0.709. The molecule has 8 heteroatoms. The van der Waals surface area contributed by atoms with Gasteiger partial charge in [-0.2, -0.15) is 0 Å². The van der Waals surface area contributed by atoms with Crippen LogP contribution in [-0.4, -0.2) is 53.5 Å². The Bertz CT molecular complexity index is 908. The molecule has 3 heterocycles. The molecular formula is C20H26N6O2. The smallest absolute Gasteiger partial charge is 0.271 e. The van der Waals surface area contributed by atoms with Gasteiger partial charge in [0.25, 0.3) is 5.56 Å². The van der Waals surface area contributed by atoms with E-state index < -0.39 is 0 Å². The highest BCUT2D eigenvalue weighted by Crippen LogP contribution is 2.22. The summed E-state index contributed by atoms with van der Waals surface area (Å²) < 4.78 is 0. The maximum absolute atomic E-state index is 12.3. The number of hydrogen-bond acceptors (Lipinski definition) is 6. The minimum Gasteiger partial charge on any atom is -0.376 e. The molecular weight excluding hydrogens is 356 g/mol. The van der Waals surface area contributed by atoms with Crippen molar-refractivity contribution < 1.29 is 4.79 Å². The minimum atomic E-state index is -0.182. The van der Waals surface area contributed by atoms with Gasteiger partial charge in [-0.15, -0.1) is 0 Å². The van der Waals surface area contributed by atoms with Gasteiger partial charge in [0.2, 0.25) is 5.91 Å². The van der Waals surface area contributed by atoms with Gasteiger partial charge in [0.1, 0.15) is 11.5 Å². The second-order valence-corrected chi connectivity index (χ2v) is 6.72. The summed E-state index contributed by atoms with van der Waals surface area (Å²) in [6.07, 6.45) is 8.36. The molecule has 5 N–H and O–H groups in total. The number of nitrogens with two attached hydrogens (primary N) is 1. The Morgan fingerprint density at radius 1 is 1.43 bits per heavy atom. The Hall–Kier alpha value is -3.13. The number of aromatic nitrogens is 2. The first-order valence-corrected chi connectivity index (χ1v) is 9.39. The number of hydrogen-bond donors (Lipinski definition) is 4. The van der Waals surface area contributed by atoms with Crippen LogP contribution >= 0.6 is 0 Å². The first-order valence-electron chi connectivity index (χ1n) is 9.39. The molecule has 1 fully saturated rings. The van der Waals surface area contributed by atoms with Gasteiger partial charge in [-0.25, -0.2) is 4.98 Å². The fourth-order valence-corrected chi connectivity index (χ4v) is 3.29. The highest BCUT2D eigenvalue weighted by molar-refractivity contribution is 5.87. The summed E-state index contributed by atoms with van der Waals surface area (Å²) in [6.45, 7) is 1.61. The summed E-state index contributed by atoms with van der Waals surface area (Å²) >= 11 is 0. The number of nitrogens with one attached hydrogen (secondary N) is 3. The Balaban J connectivity index is 1.75. The molecule has 0 saturated carbocycles. The van der Waals surface area contributed by atoms with Crippen LogP contribution in [0.5, 0.6) is 0 Å². The van der Waals surface area contributed by atoms with E-state index in [1.807, 2.05) is 25.2 Å². The summed E-state index contributed by atoms with van der Waals surface area (Å²) in [5, 5.41) is 6.32. The molecule has 0 aliphatic carbocycles. The van der Waals surface area contributed by atoms with Crippen molar-refractivity contribution in [2.24, 2.45) is 5.73 Å². The number of aromatic amines is 1. The van der Waals surface area contributed by atoms with Gasteiger partial charge in [0, 0.05) is 56.8 Å². The average Bonchev–Trinajstić information content (AvgIpc) is 2.73. The molecule has 1 aliphatic rings. The van der Waals surface area contributed by atoms with E-state index in [9.17, 15) is 9.59 Å². The lowest BCUT2D eigenvalue weighted by atomic mass is 10.0. The maximum Gasteiger partial charge on any atom is 0.271 e. The quantitative estimate of drug-likeness (QED) is 0.561. The molecule has 1 aliphatic heterocycles. The van der Waals surface area contributed by atoms with Crippen LogP contribution in [0.25, 0.3) is 11.1 Å². The molecule has 1 amide bonds. The van der Waals surface area contributed by atoms with Gasteiger partial charge in [0.05, 0.1) is 0 Å². The molecule has 28 heavy (non-hydrogen) atoms. The van der Waals surface area contributed by atoms with E-state index in [0.29, 0.717) is 25.3 Å². The van der Waals surface area contributed by atoms with Crippen molar-refractivity contribution in [3.8, 4) is 11.1 Å². The topological polar surface area (TPSA) is 116 Å². The van der Waals surface area contributed by atoms with Gasteiger partial charge >= 0.3 is 0 Å². The molecule has 1 atom stereocenters. The van der Waals surface area contributed by atoms with Gasteiger partial charge in [-0.3, -0.25) is 9.59 Å². The molecule has 0 radical (unpaired) electrons. The highest BCUT2D eigenvalue weighted by atomic mass is 16.2. The van der Waals surface area contributed by atoms with Crippen LogP contribution in [0.4, 0.5) is 11.5 Å². The van der Waals surface area contributed by atoms with Crippen LogP contribution in [0, 0.1) is 0 Å². The summed E-state index contributed by atoms with van der Waals surface area (Å²) in [4.78, 5) is 33.3. The van der Waals surface area contributed by atoms with E-state index in [1.165, 1.54) is 6.08 Å². The molecule has 1 saturated heterocycles. The largest absolute Gasteiger partial charge is 0.376 e. The summed E-state index contributed by atoms with van der Waals surface area (Å²) in [5.41, 5.74) is 7.57. The number of amides is 1. The SMILES string of the molecule is CNc1cc(-c2c[nH]c(=O)c(N[C@@H]3CCCN(C(=O)/C=C/CN)C3)c2)ccn1. The molecule has 8 nitrogen and oxygen atoms in total. The van der Waals surface area contributed by atoms with Crippen LogP contribution in [0.1, 0.15) is 12.8 Å². The minimum absolute atomic E-state index is 0.0191. The second-order valence-electron chi connectivity index (χ2n) is 6.72. The predicted molar refractivity (Wildman–Crippen MR) is 111 cm³/mol. The van der Waals surface area contributed by atoms with Crippen molar-refractivity contribution in [1.29, 1.82) is 0 Å². The van der Waals surface area contributed by atoms with Crippen LogP contribution < -0.4 is 21.9 Å². The van der Waals surface area contributed by atoms with E-state index in [4.69, 9.17) is 5.73 Å². The fourth-order valence-electron chi connectivity index (χ4n) is 3.29. The third-order valence-electron chi connectivity index (χ3n) is 4.74.